The van der Waals surface area contributed by atoms with E-state index in [4.69, 9.17) is 10.5 Å². The zero-order chi connectivity index (χ0) is 13.8. The fourth-order valence-electron chi connectivity index (χ4n) is 1.88. The van der Waals surface area contributed by atoms with E-state index < -0.39 is 10.8 Å². The molecule has 0 unspecified atom stereocenters. The molecule has 0 aliphatic carbocycles. The molecule has 0 radical (unpaired) electrons. The Morgan fingerprint density at radius 2 is 2.21 bits per heavy atom. The van der Waals surface area contributed by atoms with Crippen LogP contribution in [0.15, 0.2) is 12.3 Å². The van der Waals surface area contributed by atoms with Crippen LogP contribution in [0.25, 0.3) is 0 Å². The number of carbonyl (C=O) groups excluding carboxylic acids is 1. The molecule has 8 heteroatoms. The van der Waals surface area contributed by atoms with Crippen LogP contribution in [0.3, 0.4) is 0 Å². The molecule has 8 nitrogen and oxygen atoms in total. The van der Waals surface area contributed by atoms with Gasteiger partial charge in [0.15, 0.2) is 0 Å². The molecule has 1 aromatic rings. The lowest BCUT2D eigenvalue weighted by atomic mass is 10.1. The quantitative estimate of drug-likeness (QED) is 0.594. The highest BCUT2D eigenvalue weighted by Gasteiger charge is 2.21. The molecule has 0 atom stereocenters. The summed E-state index contributed by atoms with van der Waals surface area (Å²) in [5.74, 6) is -0.731. The fourth-order valence-corrected chi connectivity index (χ4v) is 1.88. The number of primary amides is 1. The first kappa shape index (κ1) is 13.2. The number of aromatic nitrogens is 1. The van der Waals surface area contributed by atoms with Crippen LogP contribution in [-0.2, 0) is 0 Å². The molecule has 19 heavy (non-hydrogen) atoms. The number of piperidine rings is 1. The largest absolute Gasteiger partial charge is 0.474 e. The lowest BCUT2D eigenvalue weighted by molar-refractivity contribution is -0.385. The molecule has 1 aromatic heterocycles. The highest BCUT2D eigenvalue weighted by molar-refractivity contribution is 5.95. The Morgan fingerprint density at radius 3 is 2.79 bits per heavy atom. The third-order valence-electron chi connectivity index (χ3n) is 2.88. The van der Waals surface area contributed by atoms with E-state index in [2.05, 4.69) is 10.3 Å². The van der Waals surface area contributed by atoms with E-state index in [1.165, 1.54) is 0 Å². The van der Waals surface area contributed by atoms with E-state index in [1.54, 1.807) is 0 Å². The summed E-state index contributed by atoms with van der Waals surface area (Å²) in [4.78, 5) is 25.1. The zero-order valence-corrected chi connectivity index (χ0v) is 10.2. The van der Waals surface area contributed by atoms with Gasteiger partial charge in [0.1, 0.15) is 17.9 Å². The predicted molar refractivity (Wildman–Crippen MR) is 65.9 cm³/mol. The van der Waals surface area contributed by atoms with Crippen molar-refractivity contribution in [3.05, 3.63) is 27.9 Å². The SMILES string of the molecule is NC(=O)c1cc([N+](=O)[O-])cnc1OC1CCNCC1. The molecule has 0 bridgehead atoms. The van der Waals surface area contributed by atoms with Crippen molar-refractivity contribution in [1.29, 1.82) is 0 Å². The number of carbonyl (C=O) groups is 1. The number of amides is 1. The van der Waals surface area contributed by atoms with Crippen molar-refractivity contribution in [2.24, 2.45) is 5.73 Å². The molecular weight excluding hydrogens is 252 g/mol. The Labute approximate surface area is 109 Å². The molecule has 1 amide bonds. The minimum Gasteiger partial charge on any atom is -0.474 e. The molecule has 1 aliphatic heterocycles. The third-order valence-corrected chi connectivity index (χ3v) is 2.88. The monoisotopic (exact) mass is 266 g/mol. The van der Waals surface area contributed by atoms with Crippen LogP contribution in [0.4, 0.5) is 5.69 Å². The molecular formula is C11H14N4O4. The minimum absolute atomic E-state index is 0.0602. The van der Waals surface area contributed by atoms with Crippen molar-refractivity contribution in [3.8, 4) is 5.88 Å². The van der Waals surface area contributed by atoms with Crippen molar-refractivity contribution in [2.45, 2.75) is 18.9 Å². The van der Waals surface area contributed by atoms with Crippen molar-refractivity contribution < 1.29 is 14.5 Å². The standard InChI is InChI=1S/C11H14N4O4/c12-10(16)9-5-7(15(17)18)6-14-11(9)19-8-1-3-13-4-2-8/h5-6,8,13H,1-4H2,(H2,12,16). The van der Waals surface area contributed by atoms with Crippen LogP contribution in [-0.4, -0.2) is 35.0 Å². The predicted octanol–water partition coefficient (Wildman–Crippen LogP) is 0.219. The highest BCUT2D eigenvalue weighted by Crippen LogP contribution is 2.23. The number of nitro groups is 1. The topological polar surface area (TPSA) is 120 Å². The number of nitrogens with one attached hydrogen (secondary N) is 1. The second kappa shape index (κ2) is 5.61. The average Bonchev–Trinajstić information content (AvgIpc) is 2.39. The van der Waals surface area contributed by atoms with Gasteiger partial charge in [0.2, 0.25) is 5.88 Å². The maximum absolute atomic E-state index is 11.3. The molecule has 102 valence electrons. The smallest absolute Gasteiger partial charge is 0.288 e. The number of rotatable bonds is 4. The fraction of sp³-hybridized carbons (Fsp3) is 0.455. The van der Waals surface area contributed by atoms with E-state index in [9.17, 15) is 14.9 Å². The number of hydrogen-bond acceptors (Lipinski definition) is 6. The highest BCUT2D eigenvalue weighted by atomic mass is 16.6. The summed E-state index contributed by atoms with van der Waals surface area (Å²) in [6.45, 7) is 1.65. The Morgan fingerprint density at radius 1 is 1.53 bits per heavy atom. The van der Waals surface area contributed by atoms with Crippen LogP contribution >= 0.6 is 0 Å². The summed E-state index contributed by atoms with van der Waals surface area (Å²) in [7, 11) is 0. The summed E-state index contributed by atoms with van der Waals surface area (Å²) >= 11 is 0. The molecule has 1 saturated heterocycles. The average molecular weight is 266 g/mol. The van der Waals surface area contributed by atoms with Crippen LogP contribution < -0.4 is 15.8 Å². The van der Waals surface area contributed by atoms with Crippen molar-refractivity contribution in [1.82, 2.24) is 10.3 Å². The molecule has 2 heterocycles. The summed E-state index contributed by atoms with van der Waals surface area (Å²) in [5.41, 5.74) is 4.85. The van der Waals surface area contributed by atoms with Crippen molar-refractivity contribution in [2.75, 3.05) is 13.1 Å². The van der Waals surface area contributed by atoms with E-state index in [0.717, 1.165) is 38.2 Å². The van der Waals surface area contributed by atoms with Gasteiger partial charge in [0, 0.05) is 6.07 Å². The molecule has 1 aliphatic rings. The second-order valence-electron chi connectivity index (χ2n) is 4.23. The molecule has 2 rings (SSSR count). The van der Waals surface area contributed by atoms with Gasteiger partial charge in [-0.2, -0.15) is 0 Å². The van der Waals surface area contributed by atoms with Crippen molar-refractivity contribution in [3.63, 3.8) is 0 Å². The number of pyridine rings is 1. The first-order valence-corrected chi connectivity index (χ1v) is 5.89. The Bertz CT molecular complexity index is 499. The van der Waals surface area contributed by atoms with Gasteiger partial charge in [-0.15, -0.1) is 0 Å². The van der Waals surface area contributed by atoms with Crippen LogP contribution in [0.1, 0.15) is 23.2 Å². The van der Waals surface area contributed by atoms with Gasteiger partial charge in [-0.1, -0.05) is 0 Å². The number of ether oxygens (including phenoxy) is 1. The summed E-state index contributed by atoms with van der Waals surface area (Å²) in [5, 5.41) is 13.8. The van der Waals surface area contributed by atoms with Crippen LogP contribution in [0.2, 0.25) is 0 Å². The third kappa shape index (κ3) is 3.16. The normalized spacial score (nSPS) is 16.0. The lowest BCUT2D eigenvalue weighted by Crippen LogP contribution is -2.34. The zero-order valence-electron chi connectivity index (χ0n) is 10.2. The molecule has 1 fully saturated rings. The van der Waals surface area contributed by atoms with Crippen LogP contribution in [0.5, 0.6) is 5.88 Å². The summed E-state index contributed by atoms with van der Waals surface area (Å²) in [6, 6.07) is 1.09. The van der Waals surface area contributed by atoms with Gasteiger partial charge < -0.3 is 15.8 Å². The van der Waals surface area contributed by atoms with Gasteiger partial charge >= 0.3 is 0 Å². The van der Waals surface area contributed by atoms with Crippen LogP contribution in [0, 0.1) is 10.1 Å². The van der Waals surface area contributed by atoms with E-state index in [0.29, 0.717) is 0 Å². The molecule has 0 spiro atoms. The number of nitrogens with two attached hydrogens (primary N) is 1. The minimum atomic E-state index is -0.792. The Balaban J connectivity index is 2.23. The molecule has 3 N–H and O–H groups in total. The van der Waals surface area contributed by atoms with Gasteiger partial charge in [-0.05, 0) is 25.9 Å². The van der Waals surface area contributed by atoms with Gasteiger partial charge in [0.25, 0.3) is 11.6 Å². The summed E-state index contributed by atoms with van der Waals surface area (Å²) in [6.07, 6.45) is 2.57. The van der Waals surface area contributed by atoms with Crippen molar-refractivity contribution >= 4 is 11.6 Å². The van der Waals surface area contributed by atoms with E-state index in [1.807, 2.05) is 0 Å². The summed E-state index contributed by atoms with van der Waals surface area (Å²) < 4.78 is 5.61. The Kier molecular flexibility index (Phi) is 3.91. The van der Waals surface area contributed by atoms with E-state index in [-0.39, 0.29) is 23.2 Å². The molecule has 0 saturated carbocycles. The number of nitrogens with zero attached hydrogens (tertiary/aromatic N) is 2. The Hall–Kier alpha value is -2.22. The first-order chi connectivity index (χ1) is 9.08. The van der Waals surface area contributed by atoms with E-state index >= 15 is 0 Å². The maximum Gasteiger partial charge on any atom is 0.288 e. The molecule has 0 aromatic carbocycles. The van der Waals surface area contributed by atoms with Gasteiger partial charge in [-0.25, -0.2) is 4.98 Å². The first-order valence-electron chi connectivity index (χ1n) is 5.89. The van der Waals surface area contributed by atoms with Gasteiger partial charge in [-0.3, -0.25) is 14.9 Å². The second-order valence-corrected chi connectivity index (χ2v) is 4.23. The number of hydrogen-bond donors (Lipinski definition) is 2. The lowest BCUT2D eigenvalue weighted by Gasteiger charge is -2.23. The van der Waals surface area contributed by atoms with Gasteiger partial charge in [0.05, 0.1) is 4.92 Å². The maximum atomic E-state index is 11.3.